The molecule has 1 amide bonds. The van der Waals surface area contributed by atoms with Crippen LogP contribution < -0.4 is 5.32 Å². The average molecular weight is 378 g/mol. The van der Waals surface area contributed by atoms with Crippen LogP contribution in [0.25, 0.3) is 0 Å². The number of rotatable bonds is 2. The Morgan fingerprint density at radius 3 is 2.64 bits per heavy atom. The lowest BCUT2D eigenvalue weighted by Crippen LogP contribution is -2.65. The standard InChI is InChI=1S/C22H26N4O2/c1-14-23-19(28-25-14)15-10-21(11-15)12-26(13-21)16-6-8-22(9-7-16)17-4-2-3-5-18(17)24-20(22)27/h2-5,15-16H,6-13H2,1H3,(H,24,27). The van der Waals surface area contributed by atoms with Crippen LogP contribution in [0.15, 0.2) is 28.8 Å². The van der Waals surface area contributed by atoms with Gasteiger partial charge in [-0.05, 0) is 62.5 Å². The van der Waals surface area contributed by atoms with E-state index in [1.165, 1.54) is 31.5 Å². The lowest BCUT2D eigenvalue weighted by atomic mass is 9.57. The first kappa shape index (κ1) is 16.7. The number of aromatic nitrogens is 2. The maximum absolute atomic E-state index is 12.8. The van der Waals surface area contributed by atoms with E-state index in [9.17, 15) is 4.79 Å². The molecular weight excluding hydrogens is 352 g/mol. The molecule has 6 heteroatoms. The number of likely N-dealkylation sites (tertiary alicyclic amines) is 1. The fourth-order valence-corrected chi connectivity index (χ4v) is 6.30. The third-order valence-corrected chi connectivity index (χ3v) is 7.78. The van der Waals surface area contributed by atoms with Crippen molar-refractivity contribution in [1.82, 2.24) is 15.0 Å². The highest BCUT2D eigenvalue weighted by molar-refractivity contribution is 6.06. The minimum absolute atomic E-state index is 0.212. The Hall–Kier alpha value is -2.21. The van der Waals surface area contributed by atoms with Gasteiger partial charge in [0, 0.05) is 30.7 Å². The smallest absolute Gasteiger partial charge is 0.235 e. The van der Waals surface area contributed by atoms with E-state index >= 15 is 0 Å². The molecule has 28 heavy (non-hydrogen) atoms. The van der Waals surface area contributed by atoms with Crippen molar-refractivity contribution in [3.63, 3.8) is 0 Å². The van der Waals surface area contributed by atoms with E-state index in [1.54, 1.807) is 0 Å². The monoisotopic (exact) mass is 378 g/mol. The van der Waals surface area contributed by atoms with Gasteiger partial charge in [0.1, 0.15) is 0 Å². The molecule has 1 aromatic heterocycles. The van der Waals surface area contributed by atoms with Gasteiger partial charge in [0.25, 0.3) is 0 Å². The van der Waals surface area contributed by atoms with Crippen molar-refractivity contribution >= 4 is 11.6 Å². The highest BCUT2D eigenvalue weighted by Crippen LogP contribution is 2.57. The van der Waals surface area contributed by atoms with E-state index in [0.717, 1.165) is 43.1 Å². The Labute approximate surface area is 164 Å². The third-order valence-electron chi connectivity index (χ3n) is 7.78. The Kier molecular flexibility index (Phi) is 3.38. The Morgan fingerprint density at radius 2 is 1.93 bits per heavy atom. The van der Waals surface area contributed by atoms with Crippen molar-refractivity contribution in [2.75, 3.05) is 18.4 Å². The molecule has 1 N–H and O–H groups in total. The second-order valence-electron chi connectivity index (χ2n) is 9.50. The summed E-state index contributed by atoms with van der Waals surface area (Å²) in [4.78, 5) is 19.8. The topological polar surface area (TPSA) is 71.3 Å². The van der Waals surface area contributed by atoms with Crippen molar-refractivity contribution in [3.05, 3.63) is 41.5 Å². The molecule has 1 aromatic carbocycles. The van der Waals surface area contributed by atoms with Gasteiger partial charge in [-0.2, -0.15) is 4.98 Å². The lowest BCUT2D eigenvalue weighted by molar-refractivity contribution is -0.126. The van der Waals surface area contributed by atoms with Crippen LogP contribution in [0.2, 0.25) is 0 Å². The number of hydrogen-bond donors (Lipinski definition) is 1. The number of benzene rings is 1. The number of hydrogen-bond acceptors (Lipinski definition) is 5. The molecule has 4 aliphatic rings. The van der Waals surface area contributed by atoms with Crippen molar-refractivity contribution < 1.29 is 9.32 Å². The molecule has 2 aliphatic carbocycles. The number of nitrogens with zero attached hydrogens (tertiary/aromatic N) is 3. The van der Waals surface area contributed by atoms with Crippen LogP contribution in [0, 0.1) is 12.3 Å². The van der Waals surface area contributed by atoms with Crippen LogP contribution in [-0.4, -0.2) is 40.1 Å². The zero-order valence-electron chi connectivity index (χ0n) is 16.3. The van der Waals surface area contributed by atoms with Crippen molar-refractivity contribution in [2.24, 2.45) is 5.41 Å². The maximum Gasteiger partial charge on any atom is 0.235 e. The third kappa shape index (κ3) is 2.27. The summed E-state index contributed by atoms with van der Waals surface area (Å²) in [6, 6.07) is 8.86. The first-order chi connectivity index (χ1) is 13.6. The van der Waals surface area contributed by atoms with E-state index in [4.69, 9.17) is 4.52 Å². The second-order valence-corrected chi connectivity index (χ2v) is 9.50. The van der Waals surface area contributed by atoms with Crippen LogP contribution >= 0.6 is 0 Å². The number of amides is 1. The van der Waals surface area contributed by atoms with E-state index in [0.29, 0.717) is 17.4 Å². The molecule has 0 atom stereocenters. The molecule has 2 aromatic rings. The molecule has 6 rings (SSSR count). The summed E-state index contributed by atoms with van der Waals surface area (Å²) in [7, 11) is 0. The Balaban J connectivity index is 1.07. The van der Waals surface area contributed by atoms with Gasteiger partial charge in [0.2, 0.25) is 11.8 Å². The van der Waals surface area contributed by atoms with Gasteiger partial charge in [-0.15, -0.1) is 0 Å². The van der Waals surface area contributed by atoms with Crippen LogP contribution in [0.5, 0.6) is 0 Å². The normalized spacial score (nSPS) is 28.0. The summed E-state index contributed by atoms with van der Waals surface area (Å²) in [6.45, 7) is 4.26. The second kappa shape index (κ2) is 5.66. The van der Waals surface area contributed by atoms with Gasteiger partial charge in [0.05, 0.1) is 5.41 Å². The summed E-state index contributed by atoms with van der Waals surface area (Å²) in [5.41, 5.74) is 2.42. The quantitative estimate of drug-likeness (QED) is 0.867. The highest BCUT2D eigenvalue weighted by Gasteiger charge is 2.56. The highest BCUT2D eigenvalue weighted by atomic mass is 16.5. The number of fused-ring (bicyclic) bond motifs is 2. The lowest BCUT2D eigenvalue weighted by Gasteiger charge is -2.61. The predicted molar refractivity (Wildman–Crippen MR) is 104 cm³/mol. The van der Waals surface area contributed by atoms with Crippen LogP contribution in [0.3, 0.4) is 0 Å². The summed E-state index contributed by atoms with van der Waals surface area (Å²) in [5, 5.41) is 7.04. The molecule has 2 aliphatic heterocycles. The van der Waals surface area contributed by atoms with Crippen LogP contribution in [0.1, 0.15) is 61.7 Å². The zero-order chi connectivity index (χ0) is 18.9. The average Bonchev–Trinajstić information content (AvgIpc) is 3.17. The van der Waals surface area contributed by atoms with Gasteiger partial charge in [0.15, 0.2) is 5.82 Å². The first-order valence-electron chi connectivity index (χ1n) is 10.5. The van der Waals surface area contributed by atoms with E-state index in [1.807, 2.05) is 19.1 Å². The van der Waals surface area contributed by atoms with Crippen molar-refractivity contribution in [3.8, 4) is 0 Å². The zero-order valence-corrected chi connectivity index (χ0v) is 16.3. The molecule has 1 saturated heterocycles. The molecule has 3 fully saturated rings. The molecule has 2 saturated carbocycles. The molecule has 0 bridgehead atoms. The minimum atomic E-state index is -0.285. The molecule has 3 heterocycles. The predicted octanol–water partition coefficient (Wildman–Crippen LogP) is 3.39. The Bertz CT molecular complexity index is 930. The van der Waals surface area contributed by atoms with Gasteiger partial charge in [-0.1, -0.05) is 23.4 Å². The SMILES string of the molecule is Cc1noc(C2CC3(C2)CN(C2CCC4(CC2)C(=O)Nc2ccccc24)C3)n1. The number of nitrogens with one attached hydrogen (secondary N) is 1. The van der Waals surface area contributed by atoms with E-state index in [2.05, 4.69) is 32.5 Å². The maximum atomic E-state index is 12.8. The Morgan fingerprint density at radius 1 is 1.18 bits per heavy atom. The number of para-hydroxylation sites is 1. The summed E-state index contributed by atoms with van der Waals surface area (Å²) in [6.07, 6.45) is 6.52. The molecule has 6 nitrogen and oxygen atoms in total. The molecule has 2 spiro atoms. The molecular formula is C22H26N4O2. The van der Waals surface area contributed by atoms with Gasteiger partial charge in [-0.3, -0.25) is 9.69 Å². The molecule has 0 radical (unpaired) electrons. The van der Waals surface area contributed by atoms with E-state index < -0.39 is 0 Å². The van der Waals surface area contributed by atoms with Crippen LogP contribution in [-0.2, 0) is 10.2 Å². The fourth-order valence-electron chi connectivity index (χ4n) is 6.30. The minimum Gasteiger partial charge on any atom is -0.339 e. The molecule has 146 valence electrons. The largest absolute Gasteiger partial charge is 0.339 e. The summed E-state index contributed by atoms with van der Waals surface area (Å²) in [5.74, 6) is 2.23. The summed E-state index contributed by atoms with van der Waals surface area (Å²) < 4.78 is 5.35. The fraction of sp³-hybridized carbons (Fsp3) is 0.591. The van der Waals surface area contributed by atoms with Crippen molar-refractivity contribution in [2.45, 2.75) is 62.8 Å². The van der Waals surface area contributed by atoms with Crippen LogP contribution in [0.4, 0.5) is 5.69 Å². The van der Waals surface area contributed by atoms with E-state index in [-0.39, 0.29) is 11.3 Å². The van der Waals surface area contributed by atoms with Gasteiger partial charge >= 0.3 is 0 Å². The van der Waals surface area contributed by atoms with Crippen molar-refractivity contribution in [1.29, 1.82) is 0 Å². The summed E-state index contributed by atoms with van der Waals surface area (Å²) >= 11 is 0. The number of carbonyl (C=O) groups is 1. The number of anilines is 1. The molecule has 0 unspecified atom stereocenters. The number of carbonyl (C=O) groups excluding carboxylic acids is 1. The van der Waals surface area contributed by atoms with Gasteiger partial charge < -0.3 is 9.84 Å². The number of aryl methyl sites for hydroxylation is 1. The first-order valence-corrected chi connectivity index (χ1v) is 10.5. The van der Waals surface area contributed by atoms with Gasteiger partial charge in [-0.25, -0.2) is 0 Å².